The fraction of sp³-hybridized carbons (Fsp3) is 0.261. The zero-order valence-corrected chi connectivity index (χ0v) is 17.9. The molecule has 1 saturated carbocycles. The molecule has 5 radical (unpaired) electrons. The molecule has 3 atom stereocenters. The van der Waals surface area contributed by atoms with Crippen molar-refractivity contribution in [2.24, 2.45) is 0 Å². The van der Waals surface area contributed by atoms with Crippen molar-refractivity contribution in [3.63, 3.8) is 0 Å². The van der Waals surface area contributed by atoms with Gasteiger partial charge in [0.2, 0.25) is 0 Å². The van der Waals surface area contributed by atoms with Crippen LogP contribution < -0.4 is 0 Å². The van der Waals surface area contributed by atoms with E-state index in [9.17, 15) is 5.11 Å². The van der Waals surface area contributed by atoms with Gasteiger partial charge in [-0.25, -0.2) is 0 Å². The Morgan fingerprint density at radius 3 is 2.00 bits per heavy atom. The van der Waals surface area contributed by atoms with Gasteiger partial charge < -0.3 is 0 Å². The third-order valence-corrected chi connectivity index (χ3v) is 8.87. The van der Waals surface area contributed by atoms with Crippen molar-refractivity contribution >= 4 is 20.9 Å². The zero-order valence-electron chi connectivity index (χ0n) is 15.5. The van der Waals surface area contributed by atoms with E-state index in [2.05, 4.69) is 69.4 Å². The Labute approximate surface area is 168 Å². The molecule has 2 nitrogen and oxygen atoms in total. The molecule has 135 valence electrons. The van der Waals surface area contributed by atoms with Crippen LogP contribution in [0.25, 0.3) is 0 Å². The summed E-state index contributed by atoms with van der Waals surface area (Å²) in [4.78, 5) is 2.25. The van der Waals surface area contributed by atoms with Gasteiger partial charge in [-0.2, -0.15) is 0 Å². The molecular weight excluding hydrogens is 434 g/mol. The summed E-state index contributed by atoms with van der Waals surface area (Å²) in [7, 11) is 4.24. The molecule has 0 aliphatic heterocycles. The Bertz CT molecular complexity index is 660. The van der Waals surface area contributed by atoms with Crippen molar-refractivity contribution in [3.05, 3.63) is 101 Å². The van der Waals surface area contributed by atoms with Crippen molar-refractivity contribution in [3.8, 4) is 0 Å². The maximum absolute atomic E-state index is 11.2. The van der Waals surface area contributed by atoms with Crippen LogP contribution in [0.5, 0.6) is 0 Å². The first-order chi connectivity index (χ1) is 12.6. The Morgan fingerprint density at radius 1 is 0.846 bits per heavy atom. The molecule has 1 fully saturated rings. The molecule has 0 amide bonds. The van der Waals surface area contributed by atoms with Gasteiger partial charge in [0.1, 0.15) is 0 Å². The van der Waals surface area contributed by atoms with E-state index < -0.39 is 27.0 Å². The predicted octanol–water partition coefficient (Wildman–Crippen LogP) is 3.85. The van der Waals surface area contributed by atoms with Crippen molar-refractivity contribution in [2.75, 3.05) is 14.1 Å². The van der Waals surface area contributed by atoms with Crippen molar-refractivity contribution < 1.29 is 5.11 Å². The molecule has 2 aromatic rings. The number of aliphatic hydroxyl groups excluding tert-OH is 1. The molecule has 26 heavy (non-hydrogen) atoms. The molecule has 0 aromatic heterocycles. The zero-order chi connectivity index (χ0) is 18.5. The normalized spacial score (nSPS) is 19.6. The third kappa shape index (κ3) is 4.70. The molecule has 3 heteroatoms. The van der Waals surface area contributed by atoms with Crippen LogP contribution in [0.1, 0.15) is 28.1 Å². The molecule has 2 aromatic carbocycles. The van der Waals surface area contributed by atoms with Crippen molar-refractivity contribution in [1.82, 2.24) is 4.90 Å². The number of benzene rings is 2. The van der Waals surface area contributed by atoms with Crippen LogP contribution in [-0.4, -0.2) is 51.1 Å². The molecule has 0 heterocycles. The molecular formula is C23H26NOTe. The molecule has 0 saturated heterocycles. The number of hydrogen-bond donors (Lipinski definition) is 1. The summed E-state index contributed by atoms with van der Waals surface area (Å²) in [5.74, 6) is 1.40. The van der Waals surface area contributed by atoms with E-state index >= 15 is 0 Å². The summed E-state index contributed by atoms with van der Waals surface area (Å²) in [5.41, 5.74) is 2.23. The van der Waals surface area contributed by atoms with E-state index in [1.54, 1.807) is 0 Å². The van der Waals surface area contributed by atoms with Gasteiger partial charge >= 0.3 is 169 Å². The van der Waals surface area contributed by atoms with E-state index in [1.807, 2.05) is 36.4 Å². The Hall–Kier alpha value is -0.850. The Morgan fingerprint density at radius 2 is 1.42 bits per heavy atom. The number of aliphatic hydroxyl groups is 1. The molecule has 1 aliphatic rings. The van der Waals surface area contributed by atoms with Gasteiger partial charge in [0.05, 0.1) is 0 Å². The topological polar surface area (TPSA) is 23.5 Å². The summed E-state index contributed by atoms with van der Waals surface area (Å²) in [6, 6.07) is 20.9. The van der Waals surface area contributed by atoms with E-state index in [1.165, 1.54) is 15.4 Å². The first-order valence-corrected chi connectivity index (χ1v) is 11.5. The minimum atomic E-state index is -0.626. The van der Waals surface area contributed by atoms with Crippen LogP contribution in [0.15, 0.2) is 60.7 Å². The second-order valence-electron chi connectivity index (χ2n) is 6.79. The predicted molar refractivity (Wildman–Crippen MR) is 109 cm³/mol. The number of hydrogen-bond acceptors (Lipinski definition) is 2. The van der Waals surface area contributed by atoms with Crippen LogP contribution in [0.3, 0.4) is 0 Å². The Kier molecular flexibility index (Phi) is 7.18. The van der Waals surface area contributed by atoms with E-state index in [4.69, 9.17) is 0 Å². The average molecular weight is 460 g/mol. The monoisotopic (exact) mass is 462 g/mol. The van der Waals surface area contributed by atoms with Crippen LogP contribution in [-0.2, 0) is 0 Å². The first-order valence-electron chi connectivity index (χ1n) is 8.94. The summed E-state index contributed by atoms with van der Waals surface area (Å²) in [6.07, 6.45) is 6.18. The van der Waals surface area contributed by atoms with E-state index in [0.29, 0.717) is 6.04 Å². The standard InChI is InChI=1S/C23H26NOTe/c1-17(24(2)3)20-15-10-16-21(20)26-23(19-13-8-5-9-14-19)22(25)18-11-6-4-7-12-18/h4-17,22-23,25H,1-3H3/t17-,22+,23+/m0/s1. The van der Waals surface area contributed by atoms with Gasteiger partial charge in [0, 0.05) is 0 Å². The first kappa shape index (κ1) is 19.9. The fourth-order valence-corrected chi connectivity index (χ4v) is 7.02. The second kappa shape index (κ2) is 9.38. The fourth-order valence-electron chi connectivity index (χ4n) is 3.07. The summed E-state index contributed by atoms with van der Waals surface area (Å²) in [5, 5.41) is 11.2. The van der Waals surface area contributed by atoms with Crippen LogP contribution in [0, 0.1) is 29.1 Å². The molecule has 1 aliphatic carbocycles. The van der Waals surface area contributed by atoms with Gasteiger partial charge in [-0.1, -0.05) is 0 Å². The molecule has 0 unspecified atom stereocenters. The third-order valence-electron chi connectivity index (χ3n) is 4.84. The minimum absolute atomic E-state index is 0.152. The van der Waals surface area contributed by atoms with Gasteiger partial charge in [-0.15, -0.1) is 0 Å². The summed E-state index contributed by atoms with van der Waals surface area (Å²) < 4.78 is 1.60. The number of rotatable bonds is 7. The summed E-state index contributed by atoms with van der Waals surface area (Å²) in [6.45, 7) is 2.25. The van der Waals surface area contributed by atoms with Crippen LogP contribution in [0.2, 0.25) is 0 Å². The molecule has 3 rings (SSSR count). The van der Waals surface area contributed by atoms with Crippen molar-refractivity contribution in [2.45, 2.75) is 23.0 Å². The molecule has 0 bridgehead atoms. The van der Waals surface area contributed by atoms with Gasteiger partial charge in [0.15, 0.2) is 0 Å². The maximum atomic E-state index is 11.2. The van der Waals surface area contributed by atoms with Gasteiger partial charge in [-0.05, 0) is 0 Å². The van der Waals surface area contributed by atoms with Gasteiger partial charge in [-0.3, -0.25) is 0 Å². The van der Waals surface area contributed by atoms with Crippen LogP contribution in [0.4, 0.5) is 0 Å². The van der Waals surface area contributed by atoms with Gasteiger partial charge in [0.25, 0.3) is 0 Å². The van der Waals surface area contributed by atoms with Crippen molar-refractivity contribution in [1.29, 1.82) is 0 Å². The van der Waals surface area contributed by atoms with Crippen LogP contribution >= 0.6 is 0 Å². The quantitative estimate of drug-likeness (QED) is 0.636. The second-order valence-corrected chi connectivity index (χ2v) is 10.2. The molecule has 1 N–H and O–H groups in total. The molecule has 0 spiro atoms. The Balaban J connectivity index is 1.84. The van der Waals surface area contributed by atoms with E-state index in [-0.39, 0.29) is 3.97 Å². The summed E-state index contributed by atoms with van der Waals surface area (Å²) >= 11 is -0.626. The average Bonchev–Trinajstić information content (AvgIpc) is 3.14. The SMILES string of the molecule is C[C@@H]([C]1[CH][CH][CH][C]1[Te][C@H](c1ccccc1)[C@H](O)c1ccccc1)N(C)C. The van der Waals surface area contributed by atoms with E-state index in [0.717, 1.165) is 5.56 Å². The number of nitrogens with zero attached hydrogens (tertiary/aromatic N) is 1.